The topological polar surface area (TPSA) is 9.23 Å². The van der Waals surface area contributed by atoms with E-state index in [1.54, 1.807) is 0 Å². The van der Waals surface area contributed by atoms with E-state index >= 15 is 0 Å². The lowest BCUT2D eigenvalue weighted by Gasteiger charge is -2.39. The van der Waals surface area contributed by atoms with Crippen LogP contribution in [0.3, 0.4) is 0 Å². The Kier molecular flexibility index (Phi) is 8.54. The van der Waals surface area contributed by atoms with Gasteiger partial charge >= 0.3 is 0 Å². The molecular weight excluding hydrogens is 256 g/mol. The van der Waals surface area contributed by atoms with Crippen molar-refractivity contribution < 1.29 is 4.74 Å². The van der Waals surface area contributed by atoms with Gasteiger partial charge in [-0.15, -0.1) is 0 Å². The van der Waals surface area contributed by atoms with Gasteiger partial charge in [-0.2, -0.15) is 0 Å². The monoisotopic (exact) mass is 298 g/mol. The Bertz CT molecular complexity index is 248. The predicted octanol–water partition coefficient (Wildman–Crippen LogP) is 6.70. The molecular formula is C20H42O. The van der Waals surface area contributed by atoms with E-state index in [0.717, 1.165) is 36.5 Å². The molecule has 2 unspecified atom stereocenters. The maximum Gasteiger partial charge on any atom is 0.0636 e. The fourth-order valence-electron chi connectivity index (χ4n) is 4.29. The zero-order valence-corrected chi connectivity index (χ0v) is 16.5. The first-order valence-electron chi connectivity index (χ1n) is 9.03. The zero-order chi connectivity index (χ0) is 16.8. The standard InChI is InChI=1S/C20H42O/c1-15(2)11-17(5)13-19(7,8)21-20(9,10)14-18(6)12-16(3)4/h15-18H,11-14H2,1-10H3. The fourth-order valence-corrected chi connectivity index (χ4v) is 4.29. The SMILES string of the molecule is CC(C)CC(C)CC(C)(C)OC(C)(C)CC(C)CC(C)C. The van der Waals surface area contributed by atoms with Gasteiger partial charge in [-0.1, -0.05) is 41.5 Å². The Morgan fingerprint density at radius 2 is 0.905 bits per heavy atom. The molecule has 0 aliphatic carbocycles. The van der Waals surface area contributed by atoms with E-state index < -0.39 is 0 Å². The molecule has 0 aromatic rings. The number of rotatable bonds is 10. The molecule has 21 heavy (non-hydrogen) atoms. The lowest BCUT2D eigenvalue weighted by atomic mass is 9.86. The summed E-state index contributed by atoms with van der Waals surface area (Å²) in [5.74, 6) is 3.00. The van der Waals surface area contributed by atoms with Crippen LogP contribution in [0.25, 0.3) is 0 Å². The lowest BCUT2D eigenvalue weighted by Crippen LogP contribution is -2.39. The molecule has 0 radical (unpaired) electrons. The van der Waals surface area contributed by atoms with Gasteiger partial charge in [0.2, 0.25) is 0 Å². The molecule has 0 aromatic carbocycles. The smallest absolute Gasteiger partial charge is 0.0636 e. The van der Waals surface area contributed by atoms with E-state index in [2.05, 4.69) is 69.2 Å². The van der Waals surface area contributed by atoms with Gasteiger partial charge in [0.1, 0.15) is 0 Å². The molecule has 0 aliphatic rings. The highest BCUT2D eigenvalue weighted by molar-refractivity contribution is 4.81. The third kappa shape index (κ3) is 11.2. The molecule has 0 aliphatic heterocycles. The van der Waals surface area contributed by atoms with Crippen molar-refractivity contribution in [3.63, 3.8) is 0 Å². The van der Waals surface area contributed by atoms with E-state index in [1.165, 1.54) is 12.8 Å². The molecule has 2 atom stereocenters. The van der Waals surface area contributed by atoms with Crippen LogP contribution in [-0.4, -0.2) is 11.2 Å². The maximum absolute atomic E-state index is 6.53. The summed E-state index contributed by atoms with van der Waals surface area (Å²) in [6.07, 6.45) is 4.87. The second-order valence-electron chi connectivity index (χ2n) is 9.50. The molecule has 1 nitrogen and oxygen atoms in total. The van der Waals surface area contributed by atoms with Gasteiger partial charge in [0.25, 0.3) is 0 Å². The Morgan fingerprint density at radius 3 is 1.14 bits per heavy atom. The largest absolute Gasteiger partial charge is 0.370 e. The summed E-state index contributed by atoms with van der Waals surface area (Å²) in [6.45, 7) is 23.0. The summed E-state index contributed by atoms with van der Waals surface area (Å²) in [7, 11) is 0. The molecule has 0 rings (SSSR count). The van der Waals surface area contributed by atoms with Crippen molar-refractivity contribution in [3.05, 3.63) is 0 Å². The second-order valence-corrected chi connectivity index (χ2v) is 9.50. The van der Waals surface area contributed by atoms with Crippen molar-refractivity contribution in [2.45, 2.75) is 106 Å². The van der Waals surface area contributed by atoms with Gasteiger partial charge in [-0.3, -0.25) is 0 Å². The molecule has 0 heterocycles. The Morgan fingerprint density at radius 1 is 0.619 bits per heavy atom. The third-order valence-electron chi connectivity index (χ3n) is 3.98. The average molecular weight is 299 g/mol. The normalized spacial score (nSPS) is 16.6. The Balaban J connectivity index is 4.45. The van der Waals surface area contributed by atoms with Crippen LogP contribution in [0.5, 0.6) is 0 Å². The summed E-state index contributed by atoms with van der Waals surface area (Å²) in [5, 5.41) is 0. The predicted molar refractivity (Wildman–Crippen MR) is 95.7 cm³/mol. The maximum atomic E-state index is 6.53. The number of hydrogen-bond donors (Lipinski definition) is 0. The Labute approximate surface area is 135 Å². The molecule has 0 bridgehead atoms. The van der Waals surface area contributed by atoms with E-state index in [-0.39, 0.29) is 11.2 Å². The van der Waals surface area contributed by atoms with Gasteiger partial charge in [0.15, 0.2) is 0 Å². The number of hydrogen-bond acceptors (Lipinski definition) is 1. The van der Waals surface area contributed by atoms with Crippen LogP contribution in [-0.2, 0) is 4.74 Å². The summed E-state index contributed by atoms with van der Waals surface area (Å²) in [5.41, 5.74) is -0.0648. The average Bonchev–Trinajstić information content (AvgIpc) is 2.07. The summed E-state index contributed by atoms with van der Waals surface area (Å²) in [4.78, 5) is 0. The summed E-state index contributed by atoms with van der Waals surface area (Å²) < 4.78 is 6.53. The first-order valence-corrected chi connectivity index (χ1v) is 9.03. The molecule has 1 heteroatoms. The van der Waals surface area contributed by atoms with Gasteiger partial charge in [0, 0.05) is 0 Å². The van der Waals surface area contributed by atoms with Crippen LogP contribution in [0.1, 0.15) is 94.9 Å². The minimum absolute atomic E-state index is 0.0324. The lowest BCUT2D eigenvalue weighted by molar-refractivity contribution is -0.139. The van der Waals surface area contributed by atoms with Crippen molar-refractivity contribution in [2.24, 2.45) is 23.7 Å². The van der Waals surface area contributed by atoms with Crippen LogP contribution < -0.4 is 0 Å². The van der Waals surface area contributed by atoms with Crippen molar-refractivity contribution >= 4 is 0 Å². The van der Waals surface area contributed by atoms with Crippen molar-refractivity contribution in [1.82, 2.24) is 0 Å². The molecule has 0 N–H and O–H groups in total. The minimum atomic E-state index is -0.0324. The van der Waals surface area contributed by atoms with Gasteiger partial charge in [-0.05, 0) is 77.0 Å². The van der Waals surface area contributed by atoms with Crippen molar-refractivity contribution in [2.75, 3.05) is 0 Å². The molecule has 0 aromatic heterocycles. The van der Waals surface area contributed by atoms with E-state index in [1.807, 2.05) is 0 Å². The van der Waals surface area contributed by atoms with E-state index in [4.69, 9.17) is 4.74 Å². The van der Waals surface area contributed by atoms with Crippen LogP contribution in [0, 0.1) is 23.7 Å². The van der Waals surface area contributed by atoms with Gasteiger partial charge in [0.05, 0.1) is 11.2 Å². The third-order valence-corrected chi connectivity index (χ3v) is 3.98. The molecule has 0 amide bonds. The van der Waals surface area contributed by atoms with E-state index in [0.29, 0.717) is 0 Å². The molecule has 0 saturated heterocycles. The van der Waals surface area contributed by atoms with E-state index in [9.17, 15) is 0 Å². The molecule has 0 spiro atoms. The van der Waals surface area contributed by atoms with Crippen LogP contribution in [0.4, 0.5) is 0 Å². The quantitative estimate of drug-likeness (QED) is 0.436. The fraction of sp³-hybridized carbons (Fsp3) is 1.00. The Hall–Kier alpha value is -0.0400. The van der Waals surface area contributed by atoms with Gasteiger partial charge in [-0.25, -0.2) is 0 Å². The first kappa shape index (κ1) is 21.0. The zero-order valence-electron chi connectivity index (χ0n) is 16.5. The molecule has 128 valence electrons. The van der Waals surface area contributed by atoms with Crippen molar-refractivity contribution in [3.8, 4) is 0 Å². The highest BCUT2D eigenvalue weighted by Gasteiger charge is 2.31. The molecule has 0 saturated carbocycles. The van der Waals surface area contributed by atoms with Gasteiger partial charge < -0.3 is 4.74 Å². The first-order chi connectivity index (χ1) is 9.33. The highest BCUT2D eigenvalue weighted by atomic mass is 16.5. The minimum Gasteiger partial charge on any atom is -0.370 e. The second kappa shape index (κ2) is 8.56. The summed E-state index contributed by atoms with van der Waals surface area (Å²) >= 11 is 0. The van der Waals surface area contributed by atoms with Crippen LogP contribution in [0.15, 0.2) is 0 Å². The highest BCUT2D eigenvalue weighted by Crippen LogP contribution is 2.33. The number of ether oxygens (including phenoxy) is 1. The van der Waals surface area contributed by atoms with Crippen molar-refractivity contribution in [1.29, 1.82) is 0 Å². The molecule has 0 fully saturated rings. The van der Waals surface area contributed by atoms with Crippen LogP contribution in [0.2, 0.25) is 0 Å². The summed E-state index contributed by atoms with van der Waals surface area (Å²) in [6, 6.07) is 0. The van der Waals surface area contributed by atoms with Crippen LogP contribution >= 0.6 is 0 Å².